The van der Waals surface area contributed by atoms with E-state index in [4.69, 9.17) is 28.0 Å². The molecule has 0 amide bonds. The van der Waals surface area contributed by atoms with Gasteiger partial charge in [0.2, 0.25) is 0 Å². The zero-order valence-corrected chi connectivity index (χ0v) is 40.3. The van der Waals surface area contributed by atoms with Crippen molar-refractivity contribution in [2.75, 3.05) is 9.80 Å². The minimum atomic E-state index is -3.49. The monoisotopic (exact) mass is 1110 g/mol. The van der Waals surface area contributed by atoms with Crippen LogP contribution in [0.1, 0.15) is 80.0 Å². The number of aromatic nitrogens is 2. The van der Waals surface area contributed by atoms with Crippen LogP contribution in [0.4, 0.5) is 22.7 Å². The Morgan fingerprint density at radius 1 is 0.629 bits per heavy atom. The molecule has 5 nitrogen and oxygen atoms in total. The molecule has 0 bridgehead atoms. The van der Waals surface area contributed by atoms with Crippen molar-refractivity contribution in [2.24, 2.45) is 5.92 Å². The van der Waals surface area contributed by atoms with Crippen molar-refractivity contribution < 1.29 is 49.1 Å². The van der Waals surface area contributed by atoms with Gasteiger partial charge in [-0.15, -0.1) is 48.1 Å². The second kappa shape index (κ2) is 18.9. The standard InChI is InChI=1S/C64H55N4O.Pt/c1-42(2)35-48-40-65-62(37-43(48)3)68-58-24-12-11-21-55(58)56-34-32-52(39-61(56)68)69-51-20-15-19-50(38-51)66-41-67(60-26-14-13-25-59(60)66)63-54(46-27-30-49(31-28-46)64(5,6)7)22-16-23-57(63)53-33-29-47(36-44(53)4)45-17-9-8-10-18-45;/h8-34,36-37,40-42H,35H2,1-7H3;/q-3;/i3D3,4D3,5D3,6D3,7D3,35D2;. The number of pyridine rings is 1. The van der Waals surface area contributed by atoms with Crippen LogP contribution < -0.4 is 14.5 Å². The molecular formula is C64H55N4OPt-3. The third kappa shape index (κ3) is 8.73. The summed E-state index contributed by atoms with van der Waals surface area (Å²) in [4.78, 5) is 8.47. The first-order valence-electron chi connectivity index (χ1n) is 31.1. The summed E-state index contributed by atoms with van der Waals surface area (Å²) in [5, 5.41) is 1.61. The number of para-hydroxylation sites is 4. The maximum absolute atomic E-state index is 8.91. The molecule has 350 valence electrons. The Bertz CT molecular complexity index is 4170. The molecule has 0 unspecified atom stereocenters. The largest absolute Gasteiger partial charge is 0.509 e. The summed E-state index contributed by atoms with van der Waals surface area (Å²) in [6.07, 6.45) is -0.676. The number of rotatable bonds is 10. The smallest absolute Gasteiger partial charge is 0.135 e. The van der Waals surface area contributed by atoms with Crippen molar-refractivity contribution in [1.82, 2.24) is 9.55 Å². The summed E-state index contributed by atoms with van der Waals surface area (Å²) in [6.45, 7) is -10.6. The Kier molecular flexibility index (Phi) is 8.23. The van der Waals surface area contributed by atoms with Crippen molar-refractivity contribution in [2.45, 2.75) is 59.9 Å². The molecule has 10 aromatic rings. The molecule has 11 rings (SSSR count). The van der Waals surface area contributed by atoms with Gasteiger partial charge in [0.05, 0.1) is 0 Å². The van der Waals surface area contributed by atoms with E-state index in [-0.39, 0.29) is 55.1 Å². The number of hydrogen-bond acceptors (Lipinski definition) is 4. The summed E-state index contributed by atoms with van der Waals surface area (Å²) in [5.74, 6) is 0.282. The van der Waals surface area contributed by atoms with Crippen LogP contribution in [0.3, 0.4) is 0 Å². The van der Waals surface area contributed by atoms with Gasteiger partial charge in [-0.25, -0.2) is 4.98 Å². The van der Waals surface area contributed by atoms with Gasteiger partial charge in [0.1, 0.15) is 5.82 Å². The van der Waals surface area contributed by atoms with Crippen LogP contribution in [0, 0.1) is 38.4 Å². The molecule has 6 heteroatoms. The van der Waals surface area contributed by atoms with E-state index in [1.54, 1.807) is 66.9 Å². The van der Waals surface area contributed by atoms with E-state index in [0.29, 0.717) is 61.6 Å². The van der Waals surface area contributed by atoms with Crippen molar-refractivity contribution in [1.29, 1.82) is 0 Å². The Balaban J connectivity index is 0.00000838. The number of aryl methyl sites for hydroxylation is 2. The molecule has 0 aliphatic carbocycles. The van der Waals surface area contributed by atoms with Gasteiger partial charge >= 0.3 is 0 Å². The summed E-state index contributed by atoms with van der Waals surface area (Å²) >= 11 is 0. The van der Waals surface area contributed by atoms with Gasteiger partial charge < -0.3 is 19.1 Å². The fourth-order valence-electron chi connectivity index (χ4n) is 9.14. The number of fused-ring (bicyclic) bond motifs is 4. The zero-order valence-electron chi connectivity index (χ0n) is 55.0. The van der Waals surface area contributed by atoms with Gasteiger partial charge in [0.25, 0.3) is 0 Å². The predicted octanol–water partition coefficient (Wildman–Crippen LogP) is 17.1. The third-order valence-electron chi connectivity index (χ3n) is 12.3. The molecule has 0 saturated heterocycles. The van der Waals surface area contributed by atoms with Gasteiger partial charge in [0.15, 0.2) is 0 Å². The average molecular weight is 1110 g/mol. The van der Waals surface area contributed by atoms with Crippen LogP contribution in [-0.4, -0.2) is 9.55 Å². The van der Waals surface area contributed by atoms with Crippen LogP contribution >= 0.6 is 0 Å². The van der Waals surface area contributed by atoms with Gasteiger partial charge in [-0.1, -0.05) is 161 Å². The maximum Gasteiger partial charge on any atom is 0.135 e. The molecule has 0 radical (unpaired) electrons. The normalized spacial score (nSPS) is 17.2. The number of anilines is 4. The molecule has 1 aliphatic heterocycles. The van der Waals surface area contributed by atoms with E-state index in [9.17, 15) is 0 Å². The molecule has 0 N–H and O–H groups in total. The Labute approximate surface area is 451 Å². The second-order valence-corrected chi connectivity index (χ2v) is 17.3. The van der Waals surface area contributed by atoms with Crippen molar-refractivity contribution >= 4 is 44.6 Å². The molecule has 3 heterocycles. The Morgan fingerprint density at radius 2 is 1.34 bits per heavy atom. The van der Waals surface area contributed by atoms with E-state index < -0.39 is 57.5 Å². The van der Waals surface area contributed by atoms with Crippen LogP contribution in [0.25, 0.3) is 61.0 Å². The number of benzene rings is 8. The van der Waals surface area contributed by atoms with E-state index in [0.717, 1.165) is 16.3 Å². The van der Waals surface area contributed by atoms with Crippen LogP contribution in [0.15, 0.2) is 182 Å². The maximum atomic E-state index is 8.91. The molecule has 0 fully saturated rings. The summed E-state index contributed by atoms with van der Waals surface area (Å²) in [5.41, 5.74) is 3.03. The van der Waals surface area contributed by atoms with E-state index in [1.807, 2.05) is 114 Å². The Hall–Kier alpha value is -7.20. The molecule has 2 aromatic heterocycles. The molecule has 1 aliphatic rings. The SMILES string of the molecule is [2H]C([2H])([2H])c1cc(-c2ccccc2)ccc1-c1cccc(-c2ccc(C(C([2H])([2H])[2H])(C([2H])([2H])[2H])C([2H])([2H])[2H])cc2)c1N1[CH-]N(c2[c-]c(Oc3[c-]c4c(cc3)c3ccccc3n4-c3cc(C([2H])([2H])[2H])c(C([2H])([2H])C(C)C)cn3)ccc2)c2ccccc21.[Pt]. The summed E-state index contributed by atoms with van der Waals surface area (Å²) < 4.78 is 154. The van der Waals surface area contributed by atoms with Crippen molar-refractivity contribution in [3.63, 3.8) is 0 Å². The number of ether oxygens (including phenoxy) is 1. The second-order valence-electron chi connectivity index (χ2n) is 17.3. The molecule has 8 aromatic carbocycles. The molecule has 0 atom stereocenters. The quantitative estimate of drug-likeness (QED) is 0.128. The van der Waals surface area contributed by atoms with Crippen LogP contribution in [0.2, 0.25) is 0 Å². The fraction of sp³-hybridized carbons (Fsp3) is 0.156. The van der Waals surface area contributed by atoms with E-state index in [1.165, 1.54) is 36.5 Å². The van der Waals surface area contributed by atoms with Gasteiger partial charge in [-0.3, -0.25) is 0 Å². The van der Waals surface area contributed by atoms with E-state index in [2.05, 4.69) is 17.1 Å². The number of nitrogens with zero attached hydrogens (tertiary/aromatic N) is 4. The van der Waals surface area contributed by atoms with Crippen molar-refractivity contribution in [3.8, 4) is 50.7 Å². The van der Waals surface area contributed by atoms with Gasteiger partial charge in [-0.2, -0.15) is 12.1 Å². The summed E-state index contributed by atoms with van der Waals surface area (Å²) in [7, 11) is 0. The first-order valence-corrected chi connectivity index (χ1v) is 22.6. The first-order chi connectivity index (χ1) is 40.4. The van der Waals surface area contributed by atoms with Crippen LogP contribution in [-0.2, 0) is 32.9 Å². The average Bonchev–Trinajstić information content (AvgIpc) is 1.26. The zero-order chi connectivity index (χ0) is 61.7. The van der Waals surface area contributed by atoms with Gasteiger partial charge in [0, 0.05) is 95.8 Å². The number of hydrogen-bond donors (Lipinski definition) is 0. The van der Waals surface area contributed by atoms with Crippen molar-refractivity contribution in [3.05, 3.63) is 223 Å². The fourth-order valence-corrected chi connectivity index (χ4v) is 9.14. The summed E-state index contributed by atoms with van der Waals surface area (Å²) in [6, 6.07) is 57.8. The molecule has 0 saturated carbocycles. The third-order valence-corrected chi connectivity index (χ3v) is 12.3. The van der Waals surface area contributed by atoms with Crippen LogP contribution in [0.5, 0.6) is 11.5 Å². The van der Waals surface area contributed by atoms with E-state index >= 15 is 0 Å². The topological polar surface area (TPSA) is 33.5 Å². The minimum absolute atomic E-state index is 0. The molecule has 70 heavy (non-hydrogen) atoms. The Morgan fingerprint density at radius 3 is 2.13 bits per heavy atom. The molecule has 0 spiro atoms. The van der Waals surface area contributed by atoms with Gasteiger partial charge in [-0.05, 0) is 106 Å². The predicted molar refractivity (Wildman–Crippen MR) is 287 cm³/mol. The minimum Gasteiger partial charge on any atom is -0.509 e. The first kappa shape index (κ1) is 30.4. The molecular weight excluding hydrogens is 1040 g/mol.